The minimum atomic E-state index is -1.02. The molecule has 1 aromatic heterocycles. The SMILES string of the molecule is CCn1c2ccccc2c2cc(CNc3ccc(C(=O)O)c(Cl)c3)ccc21. The zero-order valence-electron chi connectivity index (χ0n) is 14.9. The lowest BCUT2D eigenvalue weighted by atomic mass is 10.1. The van der Waals surface area contributed by atoms with E-state index in [1.807, 2.05) is 0 Å². The van der Waals surface area contributed by atoms with Crippen LogP contribution in [0, 0.1) is 0 Å². The monoisotopic (exact) mass is 378 g/mol. The van der Waals surface area contributed by atoms with Crippen LogP contribution in [-0.2, 0) is 13.1 Å². The van der Waals surface area contributed by atoms with E-state index in [0.29, 0.717) is 6.54 Å². The summed E-state index contributed by atoms with van der Waals surface area (Å²) in [6.45, 7) is 3.71. The van der Waals surface area contributed by atoms with Gasteiger partial charge < -0.3 is 15.0 Å². The van der Waals surface area contributed by atoms with Crippen LogP contribution in [0.25, 0.3) is 21.8 Å². The van der Waals surface area contributed by atoms with Gasteiger partial charge >= 0.3 is 5.97 Å². The number of anilines is 1. The molecule has 0 spiro atoms. The topological polar surface area (TPSA) is 54.3 Å². The molecule has 2 N–H and O–H groups in total. The number of carbonyl (C=O) groups is 1. The predicted molar refractivity (Wildman–Crippen MR) is 111 cm³/mol. The van der Waals surface area contributed by atoms with Crippen LogP contribution >= 0.6 is 11.6 Å². The van der Waals surface area contributed by atoms with Crippen molar-refractivity contribution in [2.45, 2.75) is 20.0 Å². The van der Waals surface area contributed by atoms with Crippen molar-refractivity contribution in [2.75, 3.05) is 5.32 Å². The second-order valence-electron chi connectivity index (χ2n) is 6.47. The number of carboxylic acids is 1. The van der Waals surface area contributed by atoms with Crippen molar-refractivity contribution in [1.29, 1.82) is 0 Å². The molecule has 1 heterocycles. The first-order chi connectivity index (χ1) is 13.1. The maximum absolute atomic E-state index is 11.1. The van der Waals surface area contributed by atoms with Crippen molar-refractivity contribution in [2.24, 2.45) is 0 Å². The maximum atomic E-state index is 11.1. The molecule has 0 atom stereocenters. The number of aromatic carboxylic acids is 1. The number of benzene rings is 3. The Labute approximate surface area is 162 Å². The molecule has 0 aliphatic carbocycles. The summed E-state index contributed by atoms with van der Waals surface area (Å²) in [4.78, 5) is 11.1. The summed E-state index contributed by atoms with van der Waals surface area (Å²) in [5, 5.41) is 15.1. The van der Waals surface area contributed by atoms with Gasteiger partial charge in [0.15, 0.2) is 0 Å². The Morgan fingerprint density at radius 1 is 1.04 bits per heavy atom. The fourth-order valence-corrected chi connectivity index (χ4v) is 3.82. The summed E-state index contributed by atoms with van der Waals surface area (Å²) in [5.41, 5.74) is 4.53. The minimum Gasteiger partial charge on any atom is -0.478 e. The van der Waals surface area contributed by atoms with Crippen LogP contribution in [0.3, 0.4) is 0 Å². The number of para-hydroxylation sites is 1. The number of carboxylic acid groups (broad SMARTS) is 1. The normalized spacial score (nSPS) is 11.2. The number of nitrogens with one attached hydrogen (secondary N) is 1. The first-order valence-corrected chi connectivity index (χ1v) is 9.23. The van der Waals surface area contributed by atoms with E-state index in [2.05, 4.69) is 59.3 Å². The van der Waals surface area contributed by atoms with E-state index in [1.165, 1.54) is 27.9 Å². The van der Waals surface area contributed by atoms with Crippen molar-refractivity contribution in [1.82, 2.24) is 4.57 Å². The first-order valence-electron chi connectivity index (χ1n) is 8.85. The molecule has 0 bridgehead atoms. The van der Waals surface area contributed by atoms with Crippen LogP contribution in [-0.4, -0.2) is 15.6 Å². The van der Waals surface area contributed by atoms with Crippen LogP contribution in [0.5, 0.6) is 0 Å². The number of aryl methyl sites for hydroxylation is 1. The standard InChI is InChI=1S/C22H19ClN2O2/c1-2-25-20-6-4-3-5-16(20)18-11-14(7-10-21(18)25)13-24-15-8-9-17(22(26)27)19(23)12-15/h3-12,24H,2,13H2,1H3,(H,26,27). The average molecular weight is 379 g/mol. The van der Waals surface area contributed by atoms with Crippen molar-refractivity contribution < 1.29 is 9.90 Å². The molecule has 4 nitrogen and oxygen atoms in total. The molecule has 0 saturated carbocycles. The zero-order chi connectivity index (χ0) is 19.0. The second kappa shape index (κ2) is 6.97. The van der Waals surface area contributed by atoms with E-state index in [9.17, 15) is 4.79 Å². The van der Waals surface area contributed by atoms with Crippen molar-refractivity contribution in [3.8, 4) is 0 Å². The fraction of sp³-hybridized carbons (Fsp3) is 0.136. The molecule has 0 saturated heterocycles. The number of aromatic nitrogens is 1. The third-order valence-corrected chi connectivity index (χ3v) is 5.16. The molecule has 3 aromatic carbocycles. The Kier molecular flexibility index (Phi) is 4.50. The molecule has 4 rings (SSSR count). The van der Waals surface area contributed by atoms with Gasteiger partial charge in [-0.3, -0.25) is 0 Å². The highest BCUT2D eigenvalue weighted by molar-refractivity contribution is 6.33. The lowest BCUT2D eigenvalue weighted by molar-refractivity contribution is 0.0697. The van der Waals surface area contributed by atoms with Gasteiger partial charge in [0.1, 0.15) is 0 Å². The highest BCUT2D eigenvalue weighted by atomic mass is 35.5. The Morgan fingerprint density at radius 2 is 1.81 bits per heavy atom. The van der Waals surface area contributed by atoms with Crippen LogP contribution in [0.1, 0.15) is 22.8 Å². The van der Waals surface area contributed by atoms with Crippen LogP contribution in [0.2, 0.25) is 5.02 Å². The summed E-state index contributed by atoms with van der Waals surface area (Å²) in [5.74, 6) is -1.02. The summed E-state index contributed by atoms with van der Waals surface area (Å²) in [7, 11) is 0. The quantitative estimate of drug-likeness (QED) is 0.463. The number of fused-ring (bicyclic) bond motifs is 3. The van der Waals surface area contributed by atoms with E-state index in [0.717, 1.165) is 17.8 Å². The molecule has 0 fully saturated rings. The Bertz CT molecular complexity index is 1160. The lowest BCUT2D eigenvalue weighted by Crippen LogP contribution is -2.02. The Hall–Kier alpha value is -2.98. The number of hydrogen-bond donors (Lipinski definition) is 2. The number of halogens is 1. The van der Waals surface area contributed by atoms with Gasteiger partial charge in [-0.15, -0.1) is 0 Å². The van der Waals surface area contributed by atoms with Crippen molar-refractivity contribution in [3.63, 3.8) is 0 Å². The highest BCUT2D eigenvalue weighted by Gasteiger charge is 2.11. The van der Waals surface area contributed by atoms with Gasteiger partial charge in [0, 0.05) is 40.6 Å². The zero-order valence-corrected chi connectivity index (χ0v) is 15.6. The van der Waals surface area contributed by atoms with E-state index in [1.54, 1.807) is 12.1 Å². The third kappa shape index (κ3) is 3.13. The average Bonchev–Trinajstić information content (AvgIpc) is 2.99. The van der Waals surface area contributed by atoms with E-state index in [4.69, 9.17) is 16.7 Å². The lowest BCUT2D eigenvalue weighted by Gasteiger charge is -2.09. The van der Waals surface area contributed by atoms with E-state index < -0.39 is 5.97 Å². The molecule has 4 aromatic rings. The van der Waals surface area contributed by atoms with Gasteiger partial charge in [0.2, 0.25) is 0 Å². The number of rotatable bonds is 5. The Balaban J connectivity index is 1.64. The molecular formula is C22H19ClN2O2. The van der Waals surface area contributed by atoms with E-state index in [-0.39, 0.29) is 10.6 Å². The third-order valence-electron chi connectivity index (χ3n) is 4.85. The van der Waals surface area contributed by atoms with Crippen LogP contribution in [0.4, 0.5) is 5.69 Å². The molecule has 136 valence electrons. The van der Waals surface area contributed by atoms with Gasteiger partial charge in [0.05, 0.1) is 10.6 Å². The summed E-state index contributed by atoms with van der Waals surface area (Å²) < 4.78 is 2.33. The summed E-state index contributed by atoms with van der Waals surface area (Å²) >= 11 is 6.04. The minimum absolute atomic E-state index is 0.107. The highest BCUT2D eigenvalue weighted by Crippen LogP contribution is 2.30. The molecule has 0 unspecified atom stereocenters. The van der Waals surface area contributed by atoms with E-state index >= 15 is 0 Å². The molecule has 0 radical (unpaired) electrons. The molecule has 0 aliphatic heterocycles. The maximum Gasteiger partial charge on any atom is 0.337 e. The summed E-state index contributed by atoms with van der Waals surface area (Å²) in [6.07, 6.45) is 0. The van der Waals surface area contributed by atoms with Crippen molar-refractivity contribution >= 4 is 45.1 Å². The van der Waals surface area contributed by atoms with Gasteiger partial charge in [-0.2, -0.15) is 0 Å². The molecule has 0 amide bonds. The number of nitrogens with zero attached hydrogens (tertiary/aromatic N) is 1. The Morgan fingerprint density at radius 3 is 2.56 bits per heavy atom. The molecule has 27 heavy (non-hydrogen) atoms. The molecule has 5 heteroatoms. The first kappa shape index (κ1) is 17.4. The molecule has 0 aliphatic rings. The fourth-order valence-electron chi connectivity index (χ4n) is 3.55. The van der Waals surface area contributed by atoms with Crippen LogP contribution in [0.15, 0.2) is 60.7 Å². The smallest absolute Gasteiger partial charge is 0.337 e. The molecular weight excluding hydrogens is 360 g/mol. The number of hydrogen-bond acceptors (Lipinski definition) is 2. The van der Waals surface area contributed by atoms with Gasteiger partial charge in [-0.1, -0.05) is 35.9 Å². The summed E-state index contributed by atoms with van der Waals surface area (Å²) in [6, 6.07) is 19.8. The predicted octanol–water partition coefficient (Wildman–Crippen LogP) is 5.78. The van der Waals surface area contributed by atoms with Gasteiger partial charge in [-0.25, -0.2) is 4.79 Å². The van der Waals surface area contributed by atoms with Crippen LogP contribution < -0.4 is 5.32 Å². The van der Waals surface area contributed by atoms with Gasteiger partial charge in [0.25, 0.3) is 0 Å². The van der Waals surface area contributed by atoms with Gasteiger partial charge in [-0.05, 0) is 48.9 Å². The second-order valence-corrected chi connectivity index (χ2v) is 6.87. The largest absolute Gasteiger partial charge is 0.478 e. The van der Waals surface area contributed by atoms with Crippen molar-refractivity contribution in [3.05, 3.63) is 76.8 Å².